The molecule has 3 N–H and O–H groups in total. The predicted molar refractivity (Wildman–Crippen MR) is 57.3 cm³/mol. The number of rotatable bonds is 3. The highest BCUT2D eigenvalue weighted by molar-refractivity contribution is 5.81. The van der Waals surface area contributed by atoms with Gasteiger partial charge in [-0.05, 0) is 26.3 Å². The Morgan fingerprint density at radius 3 is 2.53 bits per heavy atom. The lowest BCUT2D eigenvalue weighted by Gasteiger charge is -2.35. The van der Waals surface area contributed by atoms with Crippen molar-refractivity contribution < 1.29 is 18.0 Å². The van der Waals surface area contributed by atoms with Crippen molar-refractivity contribution in [3.63, 3.8) is 0 Å². The van der Waals surface area contributed by atoms with Crippen molar-refractivity contribution in [1.29, 1.82) is 0 Å². The number of nitrogens with zero attached hydrogens (tertiary/aromatic N) is 1. The minimum absolute atomic E-state index is 0.254. The van der Waals surface area contributed by atoms with Gasteiger partial charge in [0.05, 0.1) is 6.04 Å². The summed E-state index contributed by atoms with van der Waals surface area (Å²) in [5.41, 5.74) is 5.41. The zero-order chi connectivity index (χ0) is 13.2. The Hall–Kier alpha value is -0.820. The van der Waals surface area contributed by atoms with Crippen molar-refractivity contribution in [2.45, 2.75) is 44.1 Å². The second-order valence-corrected chi connectivity index (χ2v) is 4.36. The Labute approximate surface area is 98.3 Å². The minimum Gasteiger partial charge on any atom is -0.358 e. The van der Waals surface area contributed by atoms with Crippen LogP contribution in [-0.4, -0.2) is 48.7 Å². The molecule has 1 fully saturated rings. The summed E-state index contributed by atoms with van der Waals surface area (Å²) in [5.74, 6) is -0.377. The molecule has 1 saturated heterocycles. The third-order valence-corrected chi connectivity index (χ3v) is 3.03. The highest BCUT2D eigenvalue weighted by atomic mass is 19.4. The zero-order valence-electron chi connectivity index (χ0n) is 9.92. The van der Waals surface area contributed by atoms with Crippen LogP contribution in [-0.2, 0) is 4.79 Å². The molecule has 1 aliphatic rings. The topological polar surface area (TPSA) is 58.4 Å². The minimum atomic E-state index is -4.41. The van der Waals surface area contributed by atoms with Gasteiger partial charge in [-0.1, -0.05) is 0 Å². The number of carbonyl (C=O) groups excluding carboxylic acids is 1. The van der Waals surface area contributed by atoms with Gasteiger partial charge in [0, 0.05) is 13.1 Å². The third-order valence-electron chi connectivity index (χ3n) is 3.03. The second kappa shape index (κ2) is 5.22. The Bertz CT molecular complexity index is 280. The number of nitrogens with two attached hydrogens (primary N) is 1. The number of likely N-dealkylation sites (N-methyl/N-ethyl adjacent to an activating group) is 1. The van der Waals surface area contributed by atoms with Gasteiger partial charge in [-0.15, -0.1) is 0 Å². The van der Waals surface area contributed by atoms with Crippen molar-refractivity contribution in [1.82, 2.24) is 10.2 Å². The summed E-state index contributed by atoms with van der Waals surface area (Å²) in [5, 5.41) is 2.39. The third kappa shape index (κ3) is 3.10. The number of hydrogen-bond acceptors (Lipinski definition) is 3. The van der Waals surface area contributed by atoms with Crippen LogP contribution in [0.5, 0.6) is 0 Å². The average molecular weight is 253 g/mol. The largest absolute Gasteiger partial charge is 0.405 e. The summed E-state index contributed by atoms with van der Waals surface area (Å²) in [4.78, 5) is 12.7. The number of alkyl halides is 3. The van der Waals surface area contributed by atoms with Crippen molar-refractivity contribution >= 4 is 5.91 Å². The van der Waals surface area contributed by atoms with E-state index in [0.717, 1.165) is 0 Å². The molecule has 0 bridgehead atoms. The van der Waals surface area contributed by atoms with Gasteiger partial charge in [-0.25, -0.2) is 0 Å². The van der Waals surface area contributed by atoms with E-state index in [-0.39, 0.29) is 12.5 Å². The highest BCUT2D eigenvalue weighted by Gasteiger charge is 2.50. The normalized spacial score (nSPS) is 25.6. The summed E-state index contributed by atoms with van der Waals surface area (Å²) < 4.78 is 38.7. The fourth-order valence-electron chi connectivity index (χ4n) is 2.36. The number of nitrogens with one attached hydrogen (secondary N) is 1. The van der Waals surface area contributed by atoms with E-state index in [1.807, 2.05) is 0 Å². The van der Waals surface area contributed by atoms with E-state index in [0.29, 0.717) is 12.8 Å². The molecule has 1 heterocycles. The molecule has 100 valence electrons. The summed E-state index contributed by atoms with van der Waals surface area (Å²) in [6, 6.07) is -3.54. The van der Waals surface area contributed by atoms with Crippen LogP contribution in [0, 0.1) is 0 Å². The Morgan fingerprint density at radius 2 is 2.12 bits per heavy atom. The van der Waals surface area contributed by atoms with Gasteiger partial charge in [0.15, 0.2) is 0 Å². The lowest BCUT2D eigenvalue weighted by molar-refractivity contribution is -0.190. The molecule has 1 aliphatic heterocycles. The van der Waals surface area contributed by atoms with Crippen LogP contribution in [0.3, 0.4) is 0 Å². The Morgan fingerprint density at radius 1 is 1.53 bits per heavy atom. The summed E-state index contributed by atoms with van der Waals surface area (Å²) in [6.07, 6.45) is -3.39. The molecule has 7 heteroatoms. The maximum atomic E-state index is 12.9. The molecule has 0 aromatic carbocycles. The summed E-state index contributed by atoms with van der Waals surface area (Å²) >= 11 is 0. The van der Waals surface area contributed by atoms with E-state index in [4.69, 9.17) is 5.73 Å². The van der Waals surface area contributed by atoms with Crippen LogP contribution < -0.4 is 11.1 Å². The van der Waals surface area contributed by atoms with E-state index < -0.39 is 24.3 Å². The zero-order valence-corrected chi connectivity index (χ0v) is 9.92. The van der Waals surface area contributed by atoms with Crippen molar-refractivity contribution in [3.8, 4) is 0 Å². The fraction of sp³-hybridized carbons (Fsp3) is 0.900. The molecule has 0 saturated carbocycles. The van der Waals surface area contributed by atoms with Crippen molar-refractivity contribution in [3.05, 3.63) is 0 Å². The molecule has 0 spiro atoms. The summed E-state index contributed by atoms with van der Waals surface area (Å²) in [7, 11) is 1.42. The van der Waals surface area contributed by atoms with Gasteiger partial charge >= 0.3 is 6.18 Å². The molecule has 0 aromatic rings. The molecule has 1 amide bonds. The first-order valence-corrected chi connectivity index (χ1v) is 5.58. The molecule has 0 radical (unpaired) electrons. The second-order valence-electron chi connectivity index (χ2n) is 4.36. The molecular formula is C10H18F3N3O. The number of likely N-dealkylation sites (tertiary alicyclic amines) is 1. The standard InChI is InChI=1S/C10H18F3N3O/c1-6(14)8(10(11,12)13)16-5-3-4-7(16)9(17)15-2/h6-8H,3-5,14H2,1-2H3,(H,15,17). The molecule has 1 rings (SSSR count). The smallest absolute Gasteiger partial charge is 0.358 e. The summed E-state index contributed by atoms with van der Waals surface area (Å²) in [6.45, 7) is 1.57. The maximum Gasteiger partial charge on any atom is 0.405 e. The van der Waals surface area contributed by atoms with Crippen LogP contribution in [0.2, 0.25) is 0 Å². The number of carbonyl (C=O) groups is 1. The molecule has 3 atom stereocenters. The highest BCUT2D eigenvalue weighted by Crippen LogP contribution is 2.32. The predicted octanol–water partition coefficient (Wildman–Crippen LogP) is 0.475. The van der Waals surface area contributed by atoms with Crippen LogP contribution in [0.25, 0.3) is 0 Å². The number of halogens is 3. The maximum absolute atomic E-state index is 12.9. The van der Waals surface area contributed by atoms with Crippen molar-refractivity contribution in [2.75, 3.05) is 13.6 Å². The van der Waals surface area contributed by atoms with Crippen LogP contribution >= 0.6 is 0 Å². The van der Waals surface area contributed by atoms with E-state index in [1.165, 1.54) is 18.9 Å². The first kappa shape index (κ1) is 14.2. The average Bonchev–Trinajstić information content (AvgIpc) is 2.62. The fourth-order valence-corrected chi connectivity index (χ4v) is 2.36. The Balaban J connectivity index is 2.90. The van der Waals surface area contributed by atoms with E-state index in [9.17, 15) is 18.0 Å². The first-order valence-electron chi connectivity index (χ1n) is 5.58. The first-order chi connectivity index (χ1) is 7.79. The van der Waals surface area contributed by atoms with Gasteiger partial charge in [0.25, 0.3) is 0 Å². The van der Waals surface area contributed by atoms with E-state index >= 15 is 0 Å². The molecule has 0 aromatic heterocycles. The Kier molecular flexibility index (Phi) is 4.37. The van der Waals surface area contributed by atoms with Gasteiger partial charge in [-0.2, -0.15) is 13.2 Å². The van der Waals surface area contributed by atoms with Crippen molar-refractivity contribution in [2.24, 2.45) is 5.73 Å². The van der Waals surface area contributed by atoms with Crippen LogP contribution in [0.4, 0.5) is 13.2 Å². The van der Waals surface area contributed by atoms with Gasteiger partial charge in [-0.3, -0.25) is 9.69 Å². The molecule has 17 heavy (non-hydrogen) atoms. The molecule has 0 aliphatic carbocycles. The lowest BCUT2D eigenvalue weighted by atomic mass is 10.1. The van der Waals surface area contributed by atoms with Gasteiger partial charge in [0.2, 0.25) is 5.91 Å². The van der Waals surface area contributed by atoms with Crippen LogP contribution in [0.1, 0.15) is 19.8 Å². The quantitative estimate of drug-likeness (QED) is 0.769. The number of amides is 1. The van der Waals surface area contributed by atoms with Gasteiger partial charge in [0.1, 0.15) is 6.04 Å². The SMILES string of the molecule is CNC(=O)C1CCCN1C(C(C)N)C(F)(F)F. The van der Waals surface area contributed by atoms with Gasteiger partial charge < -0.3 is 11.1 Å². The lowest BCUT2D eigenvalue weighted by Crippen LogP contribution is -2.58. The molecule has 4 nitrogen and oxygen atoms in total. The molecule has 3 unspecified atom stereocenters. The monoisotopic (exact) mass is 253 g/mol. The molecular weight excluding hydrogens is 235 g/mol. The van der Waals surface area contributed by atoms with E-state index in [1.54, 1.807) is 0 Å². The van der Waals surface area contributed by atoms with Crippen LogP contribution in [0.15, 0.2) is 0 Å². The number of hydrogen-bond donors (Lipinski definition) is 2. The van der Waals surface area contributed by atoms with E-state index in [2.05, 4.69) is 5.32 Å².